The highest BCUT2D eigenvalue weighted by atomic mass is 16.5. The summed E-state index contributed by atoms with van der Waals surface area (Å²) >= 11 is 0. The predicted octanol–water partition coefficient (Wildman–Crippen LogP) is 1.89. The molecule has 0 saturated heterocycles. The summed E-state index contributed by atoms with van der Waals surface area (Å²) in [7, 11) is 0. The molecular formula is C11H20N4O. The molecule has 0 bridgehead atoms. The number of ether oxygens (including phenoxy) is 1. The summed E-state index contributed by atoms with van der Waals surface area (Å²) in [5.41, 5.74) is 2.28. The number of nitrogens with zero attached hydrogens (tertiary/aromatic N) is 2. The first-order chi connectivity index (χ1) is 7.50. The van der Waals surface area contributed by atoms with Gasteiger partial charge in [-0.3, -0.25) is 0 Å². The lowest BCUT2D eigenvalue weighted by molar-refractivity contribution is 0.0986. The quantitative estimate of drug-likeness (QED) is 0.590. The van der Waals surface area contributed by atoms with Crippen LogP contribution < -0.4 is 16.0 Å². The van der Waals surface area contributed by atoms with E-state index in [9.17, 15) is 0 Å². The molecule has 0 aliphatic rings. The molecule has 0 unspecified atom stereocenters. The third kappa shape index (κ3) is 3.34. The Kier molecular flexibility index (Phi) is 4.06. The normalized spacial score (nSPS) is 11.3. The van der Waals surface area contributed by atoms with Crippen LogP contribution >= 0.6 is 0 Å². The summed E-state index contributed by atoms with van der Waals surface area (Å²) in [5, 5.41) is 0. The van der Waals surface area contributed by atoms with Crippen LogP contribution in [0.25, 0.3) is 0 Å². The molecule has 5 nitrogen and oxygen atoms in total. The molecule has 0 amide bonds. The molecule has 0 aliphatic heterocycles. The average molecular weight is 224 g/mol. The second-order valence-electron chi connectivity index (χ2n) is 4.22. The van der Waals surface area contributed by atoms with Gasteiger partial charge in [0.15, 0.2) is 0 Å². The molecule has 0 radical (unpaired) electrons. The molecule has 0 aromatic carbocycles. The van der Waals surface area contributed by atoms with E-state index >= 15 is 0 Å². The van der Waals surface area contributed by atoms with Crippen molar-refractivity contribution >= 4 is 5.82 Å². The first-order valence-corrected chi connectivity index (χ1v) is 5.54. The van der Waals surface area contributed by atoms with Crippen LogP contribution in [0.5, 0.6) is 5.88 Å². The third-order valence-electron chi connectivity index (χ3n) is 2.45. The van der Waals surface area contributed by atoms with Gasteiger partial charge in [0.2, 0.25) is 5.88 Å². The fourth-order valence-corrected chi connectivity index (χ4v) is 1.11. The molecule has 16 heavy (non-hydrogen) atoms. The molecule has 0 aliphatic carbocycles. The lowest BCUT2D eigenvalue weighted by atomic mass is 10.1. The Labute approximate surface area is 96.4 Å². The molecular weight excluding hydrogens is 204 g/mol. The SMILES string of the molecule is CCc1nc(NN)cc(OC(C)(C)CC)n1. The van der Waals surface area contributed by atoms with Gasteiger partial charge in [-0.2, -0.15) is 4.98 Å². The van der Waals surface area contributed by atoms with Gasteiger partial charge in [0.05, 0.1) is 0 Å². The van der Waals surface area contributed by atoms with Crippen molar-refractivity contribution < 1.29 is 4.74 Å². The lowest BCUT2D eigenvalue weighted by Gasteiger charge is -2.24. The molecule has 3 N–H and O–H groups in total. The third-order valence-corrected chi connectivity index (χ3v) is 2.45. The summed E-state index contributed by atoms with van der Waals surface area (Å²) < 4.78 is 5.79. The van der Waals surface area contributed by atoms with Crippen LogP contribution in [-0.2, 0) is 6.42 Å². The van der Waals surface area contributed by atoms with Crippen molar-refractivity contribution in [1.29, 1.82) is 0 Å². The average Bonchev–Trinajstić information content (AvgIpc) is 2.28. The smallest absolute Gasteiger partial charge is 0.219 e. The summed E-state index contributed by atoms with van der Waals surface area (Å²) in [5.74, 6) is 7.20. The Balaban J connectivity index is 2.95. The van der Waals surface area contributed by atoms with Crippen molar-refractivity contribution in [3.05, 3.63) is 11.9 Å². The second kappa shape index (κ2) is 5.12. The largest absolute Gasteiger partial charge is 0.472 e. The van der Waals surface area contributed by atoms with Gasteiger partial charge in [0, 0.05) is 12.5 Å². The van der Waals surface area contributed by atoms with E-state index in [1.807, 2.05) is 20.8 Å². The Bertz CT molecular complexity index is 330. The zero-order valence-corrected chi connectivity index (χ0v) is 10.4. The van der Waals surface area contributed by atoms with Crippen LogP contribution in [-0.4, -0.2) is 15.6 Å². The van der Waals surface area contributed by atoms with Crippen LogP contribution in [0.2, 0.25) is 0 Å². The van der Waals surface area contributed by atoms with Gasteiger partial charge in [-0.25, -0.2) is 10.8 Å². The molecule has 1 heterocycles. The van der Waals surface area contributed by atoms with Gasteiger partial charge >= 0.3 is 0 Å². The van der Waals surface area contributed by atoms with Crippen LogP contribution in [0.1, 0.15) is 39.9 Å². The van der Waals surface area contributed by atoms with Gasteiger partial charge in [-0.05, 0) is 20.3 Å². The van der Waals surface area contributed by atoms with Crippen LogP contribution in [0.15, 0.2) is 6.07 Å². The predicted molar refractivity (Wildman–Crippen MR) is 64.2 cm³/mol. The molecule has 0 fully saturated rings. The van der Waals surface area contributed by atoms with E-state index in [0.717, 1.165) is 18.7 Å². The molecule has 1 aromatic rings. The first-order valence-electron chi connectivity index (χ1n) is 5.54. The molecule has 0 atom stereocenters. The van der Waals surface area contributed by atoms with Gasteiger partial charge < -0.3 is 10.2 Å². The fraction of sp³-hybridized carbons (Fsp3) is 0.636. The van der Waals surface area contributed by atoms with E-state index in [0.29, 0.717) is 11.7 Å². The van der Waals surface area contributed by atoms with E-state index in [1.54, 1.807) is 6.07 Å². The number of nitrogens with two attached hydrogens (primary N) is 1. The van der Waals surface area contributed by atoms with Crippen molar-refractivity contribution in [3.63, 3.8) is 0 Å². The minimum atomic E-state index is -0.231. The lowest BCUT2D eigenvalue weighted by Crippen LogP contribution is -2.27. The Morgan fingerprint density at radius 3 is 2.56 bits per heavy atom. The van der Waals surface area contributed by atoms with Gasteiger partial charge in [0.1, 0.15) is 17.2 Å². The highest BCUT2D eigenvalue weighted by molar-refractivity contribution is 5.37. The number of nitrogen functional groups attached to an aromatic ring is 1. The molecule has 0 spiro atoms. The van der Waals surface area contributed by atoms with Crippen molar-refractivity contribution in [1.82, 2.24) is 9.97 Å². The van der Waals surface area contributed by atoms with Gasteiger partial charge in [-0.15, -0.1) is 0 Å². The maximum absolute atomic E-state index is 5.79. The van der Waals surface area contributed by atoms with Crippen molar-refractivity contribution in [2.24, 2.45) is 5.84 Å². The van der Waals surface area contributed by atoms with E-state index in [4.69, 9.17) is 10.6 Å². The number of rotatable bonds is 5. The number of anilines is 1. The Hall–Kier alpha value is -1.36. The summed E-state index contributed by atoms with van der Waals surface area (Å²) in [6, 6.07) is 1.70. The first kappa shape index (κ1) is 12.7. The van der Waals surface area contributed by atoms with Gasteiger partial charge in [-0.1, -0.05) is 13.8 Å². The number of hydrazine groups is 1. The molecule has 1 aromatic heterocycles. The van der Waals surface area contributed by atoms with Crippen LogP contribution in [0.3, 0.4) is 0 Å². The maximum atomic E-state index is 5.79. The number of hydrogen-bond donors (Lipinski definition) is 2. The van der Waals surface area contributed by atoms with Crippen LogP contribution in [0.4, 0.5) is 5.82 Å². The number of hydrogen-bond acceptors (Lipinski definition) is 5. The second-order valence-corrected chi connectivity index (χ2v) is 4.22. The monoisotopic (exact) mass is 224 g/mol. The summed E-state index contributed by atoms with van der Waals surface area (Å²) in [4.78, 5) is 8.50. The fourth-order valence-electron chi connectivity index (χ4n) is 1.11. The molecule has 90 valence electrons. The van der Waals surface area contributed by atoms with Crippen molar-refractivity contribution in [3.8, 4) is 5.88 Å². The minimum absolute atomic E-state index is 0.231. The van der Waals surface area contributed by atoms with Gasteiger partial charge in [0.25, 0.3) is 0 Å². The number of nitrogens with one attached hydrogen (secondary N) is 1. The zero-order chi connectivity index (χ0) is 12.2. The molecule has 1 rings (SSSR count). The standard InChI is InChI=1S/C11H20N4O/c1-5-8-13-9(15-12)7-10(14-8)16-11(3,4)6-2/h7H,5-6,12H2,1-4H3,(H,13,14,15). The topological polar surface area (TPSA) is 73.1 Å². The minimum Gasteiger partial charge on any atom is -0.472 e. The van der Waals surface area contributed by atoms with E-state index in [-0.39, 0.29) is 5.60 Å². The number of aromatic nitrogens is 2. The van der Waals surface area contributed by atoms with E-state index in [2.05, 4.69) is 22.3 Å². The van der Waals surface area contributed by atoms with Crippen molar-refractivity contribution in [2.45, 2.75) is 46.1 Å². The zero-order valence-electron chi connectivity index (χ0n) is 10.4. The van der Waals surface area contributed by atoms with Crippen LogP contribution in [0, 0.1) is 0 Å². The molecule has 0 saturated carbocycles. The van der Waals surface area contributed by atoms with E-state index in [1.165, 1.54) is 0 Å². The summed E-state index contributed by atoms with van der Waals surface area (Å²) in [6.45, 7) is 8.11. The Morgan fingerprint density at radius 1 is 1.38 bits per heavy atom. The number of aryl methyl sites for hydroxylation is 1. The molecule has 5 heteroatoms. The Morgan fingerprint density at radius 2 is 2.06 bits per heavy atom. The maximum Gasteiger partial charge on any atom is 0.219 e. The highest BCUT2D eigenvalue weighted by Gasteiger charge is 2.18. The highest BCUT2D eigenvalue weighted by Crippen LogP contribution is 2.21. The summed E-state index contributed by atoms with van der Waals surface area (Å²) in [6.07, 6.45) is 1.66. The van der Waals surface area contributed by atoms with Crippen molar-refractivity contribution in [2.75, 3.05) is 5.43 Å². The van der Waals surface area contributed by atoms with E-state index < -0.39 is 0 Å².